The number of rotatable bonds is 5. The summed E-state index contributed by atoms with van der Waals surface area (Å²) in [6, 6.07) is 13.4. The fourth-order valence-corrected chi connectivity index (χ4v) is 4.17. The minimum atomic E-state index is -4.41. The molecule has 0 spiro atoms. The third kappa shape index (κ3) is 4.90. The molecule has 3 rings (SSSR count). The van der Waals surface area contributed by atoms with Crippen molar-refractivity contribution in [2.24, 2.45) is 7.05 Å². The number of benzene rings is 2. The second kappa shape index (κ2) is 8.45. The minimum Gasteiger partial charge on any atom is -0.291 e. The van der Waals surface area contributed by atoms with E-state index in [1.807, 2.05) is 31.2 Å². The number of hydrogen-bond donors (Lipinski definition) is 0. The van der Waals surface area contributed by atoms with Crippen molar-refractivity contribution < 1.29 is 13.2 Å². The van der Waals surface area contributed by atoms with E-state index in [1.165, 1.54) is 16.7 Å². The fourth-order valence-electron chi connectivity index (χ4n) is 3.15. The molecular formula is C22H21F3N2OS. The van der Waals surface area contributed by atoms with Gasteiger partial charge in [-0.25, -0.2) is 4.98 Å². The van der Waals surface area contributed by atoms with Gasteiger partial charge in [0.2, 0.25) is 0 Å². The summed E-state index contributed by atoms with van der Waals surface area (Å²) < 4.78 is 41.0. The summed E-state index contributed by atoms with van der Waals surface area (Å²) in [5, 5.41) is 0.400. The fraction of sp³-hybridized carbons (Fsp3) is 0.273. The van der Waals surface area contributed by atoms with Gasteiger partial charge in [-0.1, -0.05) is 59.8 Å². The SMILES string of the molecule is Cc1cccc(Cc2c(C)nc(SCc3ccccc3C(F)(F)F)n(C)c2=O)c1. The number of thioether (sulfide) groups is 1. The van der Waals surface area contributed by atoms with E-state index in [4.69, 9.17) is 0 Å². The Labute approximate surface area is 171 Å². The van der Waals surface area contributed by atoms with Crippen LogP contribution in [0.4, 0.5) is 13.2 Å². The summed E-state index contributed by atoms with van der Waals surface area (Å²) in [6.45, 7) is 3.76. The molecule has 0 unspecified atom stereocenters. The molecule has 0 saturated heterocycles. The van der Waals surface area contributed by atoms with Gasteiger partial charge in [0.1, 0.15) is 0 Å². The third-order valence-corrected chi connectivity index (χ3v) is 5.77. The zero-order valence-corrected chi connectivity index (χ0v) is 17.2. The van der Waals surface area contributed by atoms with Gasteiger partial charge in [-0.2, -0.15) is 13.2 Å². The van der Waals surface area contributed by atoms with Crippen LogP contribution < -0.4 is 5.56 Å². The molecule has 0 atom stereocenters. The molecule has 0 aliphatic heterocycles. The first-order valence-corrected chi connectivity index (χ1v) is 10.1. The van der Waals surface area contributed by atoms with Crippen LogP contribution in [-0.4, -0.2) is 9.55 Å². The summed E-state index contributed by atoms with van der Waals surface area (Å²) in [4.78, 5) is 17.4. The summed E-state index contributed by atoms with van der Waals surface area (Å²) in [6.07, 6.45) is -3.95. The van der Waals surface area contributed by atoms with Crippen LogP contribution in [0.25, 0.3) is 0 Å². The van der Waals surface area contributed by atoms with E-state index >= 15 is 0 Å². The predicted molar refractivity (Wildman–Crippen MR) is 109 cm³/mol. The highest BCUT2D eigenvalue weighted by atomic mass is 32.2. The molecule has 3 nitrogen and oxygen atoms in total. The van der Waals surface area contributed by atoms with Crippen molar-refractivity contribution in [2.45, 2.75) is 37.4 Å². The Balaban J connectivity index is 1.87. The van der Waals surface area contributed by atoms with E-state index in [-0.39, 0.29) is 16.9 Å². The van der Waals surface area contributed by atoms with Gasteiger partial charge in [-0.3, -0.25) is 9.36 Å². The molecule has 0 fully saturated rings. The van der Waals surface area contributed by atoms with Gasteiger partial charge in [0.15, 0.2) is 5.16 Å². The Kier molecular flexibility index (Phi) is 6.17. The molecule has 7 heteroatoms. The molecule has 29 heavy (non-hydrogen) atoms. The highest BCUT2D eigenvalue weighted by molar-refractivity contribution is 7.98. The highest BCUT2D eigenvalue weighted by Gasteiger charge is 2.32. The zero-order chi connectivity index (χ0) is 21.2. The molecular weight excluding hydrogens is 397 g/mol. The Bertz CT molecular complexity index is 1090. The maximum absolute atomic E-state index is 13.2. The van der Waals surface area contributed by atoms with Crippen LogP contribution in [0.15, 0.2) is 58.5 Å². The summed E-state index contributed by atoms with van der Waals surface area (Å²) in [7, 11) is 1.60. The lowest BCUT2D eigenvalue weighted by atomic mass is 10.0. The molecule has 0 aliphatic carbocycles. The van der Waals surface area contributed by atoms with Crippen molar-refractivity contribution in [3.63, 3.8) is 0 Å². The van der Waals surface area contributed by atoms with Crippen LogP contribution in [0, 0.1) is 13.8 Å². The topological polar surface area (TPSA) is 34.9 Å². The lowest BCUT2D eigenvalue weighted by molar-refractivity contribution is -0.138. The van der Waals surface area contributed by atoms with Crippen molar-refractivity contribution in [1.29, 1.82) is 0 Å². The van der Waals surface area contributed by atoms with Gasteiger partial charge in [-0.15, -0.1) is 0 Å². The first-order valence-electron chi connectivity index (χ1n) is 9.06. The van der Waals surface area contributed by atoms with E-state index in [0.717, 1.165) is 29.0 Å². The number of aromatic nitrogens is 2. The maximum atomic E-state index is 13.2. The standard InChI is InChI=1S/C22H21F3N2OS/c1-14-7-6-8-16(11-14)12-18-15(2)26-21(27(3)20(18)28)29-13-17-9-4-5-10-19(17)22(23,24)25/h4-11H,12-13H2,1-3H3. The summed E-state index contributed by atoms with van der Waals surface area (Å²) in [5.74, 6) is 0.0760. The monoisotopic (exact) mass is 418 g/mol. The molecule has 2 aromatic carbocycles. The number of hydrogen-bond acceptors (Lipinski definition) is 3. The predicted octanol–water partition coefficient (Wildman–Crippen LogP) is 5.30. The van der Waals surface area contributed by atoms with E-state index < -0.39 is 11.7 Å². The maximum Gasteiger partial charge on any atom is 0.416 e. The van der Waals surface area contributed by atoms with E-state index in [9.17, 15) is 18.0 Å². The van der Waals surface area contributed by atoms with Crippen LogP contribution in [0.3, 0.4) is 0 Å². The van der Waals surface area contributed by atoms with Crippen LogP contribution in [0.1, 0.15) is 33.5 Å². The Morgan fingerprint density at radius 3 is 2.48 bits per heavy atom. The lowest BCUT2D eigenvalue weighted by Crippen LogP contribution is -2.25. The van der Waals surface area contributed by atoms with Crippen LogP contribution >= 0.6 is 11.8 Å². The van der Waals surface area contributed by atoms with Gasteiger partial charge >= 0.3 is 6.18 Å². The summed E-state index contributed by atoms with van der Waals surface area (Å²) in [5.41, 5.74) is 2.66. The van der Waals surface area contributed by atoms with Crippen LogP contribution in [0.2, 0.25) is 0 Å². The highest BCUT2D eigenvalue weighted by Crippen LogP contribution is 2.34. The van der Waals surface area contributed by atoms with Gasteiger partial charge in [-0.05, 0) is 31.0 Å². The Morgan fingerprint density at radius 2 is 1.79 bits per heavy atom. The van der Waals surface area contributed by atoms with Crippen molar-refractivity contribution in [3.05, 3.63) is 92.4 Å². The van der Waals surface area contributed by atoms with E-state index in [0.29, 0.717) is 22.8 Å². The number of halogens is 3. The average molecular weight is 418 g/mol. The quantitative estimate of drug-likeness (QED) is 0.417. The molecule has 0 amide bonds. The number of nitrogens with zero attached hydrogens (tertiary/aromatic N) is 2. The Morgan fingerprint density at radius 1 is 1.07 bits per heavy atom. The van der Waals surface area contributed by atoms with Crippen molar-refractivity contribution in [2.75, 3.05) is 0 Å². The third-order valence-electron chi connectivity index (χ3n) is 4.69. The molecule has 3 aromatic rings. The summed E-state index contributed by atoms with van der Waals surface area (Å²) >= 11 is 1.13. The second-order valence-corrected chi connectivity index (χ2v) is 7.87. The normalized spacial score (nSPS) is 11.7. The van der Waals surface area contributed by atoms with Gasteiger partial charge in [0.05, 0.1) is 5.56 Å². The first kappa shape index (κ1) is 21.2. The second-order valence-electron chi connectivity index (χ2n) is 6.93. The largest absolute Gasteiger partial charge is 0.416 e. The lowest BCUT2D eigenvalue weighted by Gasteiger charge is -2.14. The number of aryl methyl sites for hydroxylation is 2. The molecule has 0 saturated carbocycles. The smallest absolute Gasteiger partial charge is 0.291 e. The van der Waals surface area contributed by atoms with Gasteiger partial charge in [0.25, 0.3) is 5.56 Å². The van der Waals surface area contributed by atoms with Crippen LogP contribution in [0.5, 0.6) is 0 Å². The molecule has 0 aliphatic rings. The molecule has 152 valence electrons. The van der Waals surface area contributed by atoms with E-state index in [1.54, 1.807) is 20.0 Å². The molecule has 1 aromatic heterocycles. The van der Waals surface area contributed by atoms with Crippen molar-refractivity contribution in [3.8, 4) is 0 Å². The minimum absolute atomic E-state index is 0.0760. The molecule has 0 radical (unpaired) electrons. The Hall–Kier alpha value is -2.54. The zero-order valence-electron chi connectivity index (χ0n) is 16.4. The van der Waals surface area contributed by atoms with Crippen molar-refractivity contribution >= 4 is 11.8 Å². The molecule has 0 bridgehead atoms. The first-order chi connectivity index (χ1) is 13.7. The van der Waals surface area contributed by atoms with E-state index in [2.05, 4.69) is 4.98 Å². The number of alkyl halides is 3. The van der Waals surface area contributed by atoms with Crippen LogP contribution in [-0.2, 0) is 25.4 Å². The molecule has 1 heterocycles. The van der Waals surface area contributed by atoms with Gasteiger partial charge in [0, 0.05) is 30.5 Å². The molecule has 0 N–H and O–H groups in total. The van der Waals surface area contributed by atoms with Gasteiger partial charge < -0.3 is 0 Å². The van der Waals surface area contributed by atoms with Crippen molar-refractivity contribution in [1.82, 2.24) is 9.55 Å². The average Bonchev–Trinajstić information content (AvgIpc) is 2.66.